The van der Waals surface area contributed by atoms with Crippen LogP contribution in [0.1, 0.15) is 30.9 Å². The standard InChI is InChI=1S/C10H14OS/c1-3-10(11)5-4-9-7-12-6-8(9)2/h6-7H,3-5H2,1-2H3. The molecule has 1 nitrogen and oxygen atoms in total. The van der Waals surface area contributed by atoms with Crippen molar-refractivity contribution in [3.63, 3.8) is 0 Å². The number of ketones is 1. The van der Waals surface area contributed by atoms with Crippen molar-refractivity contribution in [3.8, 4) is 0 Å². The summed E-state index contributed by atoms with van der Waals surface area (Å²) < 4.78 is 0. The fourth-order valence-electron chi connectivity index (χ4n) is 1.09. The molecule has 1 aromatic heterocycles. The first-order valence-corrected chi connectivity index (χ1v) is 5.21. The molecule has 0 fully saturated rings. The molecule has 0 aliphatic rings. The van der Waals surface area contributed by atoms with Crippen LogP contribution < -0.4 is 0 Å². The maximum absolute atomic E-state index is 11.0. The highest BCUT2D eigenvalue weighted by molar-refractivity contribution is 7.08. The molecule has 0 saturated carbocycles. The van der Waals surface area contributed by atoms with E-state index in [1.165, 1.54) is 11.1 Å². The Morgan fingerprint density at radius 3 is 2.75 bits per heavy atom. The minimum atomic E-state index is 0.362. The van der Waals surface area contributed by atoms with Crippen molar-refractivity contribution in [1.82, 2.24) is 0 Å². The lowest BCUT2D eigenvalue weighted by Gasteiger charge is -1.97. The molecule has 0 spiro atoms. The Morgan fingerprint density at radius 2 is 2.25 bits per heavy atom. The third-order valence-corrected chi connectivity index (χ3v) is 2.94. The van der Waals surface area contributed by atoms with E-state index in [-0.39, 0.29) is 0 Å². The van der Waals surface area contributed by atoms with Crippen molar-refractivity contribution in [2.75, 3.05) is 0 Å². The zero-order chi connectivity index (χ0) is 8.97. The van der Waals surface area contributed by atoms with Gasteiger partial charge in [-0.3, -0.25) is 4.79 Å². The van der Waals surface area contributed by atoms with E-state index in [2.05, 4.69) is 17.7 Å². The Bertz CT molecular complexity index is 263. The van der Waals surface area contributed by atoms with E-state index in [1.54, 1.807) is 11.3 Å². The molecule has 0 aromatic carbocycles. The third-order valence-electron chi connectivity index (χ3n) is 2.03. The van der Waals surface area contributed by atoms with Gasteiger partial charge in [-0.2, -0.15) is 11.3 Å². The first-order chi connectivity index (χ1) is 5.74. The lowest BCUT2D eigenvalue weighted by Crippen LogP contribution is -1.97. The maximum Gasteiger partial charge on any atom is 0.132 e. The van der Waals surface area contributed by atoms with Crippen LogP contribution in [0, 0.1) is 6.92 Å². The first kappa shape index (κ1) is 9.46. The summed E-state index contributed by atoms with van der Waals surface area (Å²) in [4.78, 5) is 11.0. The van der Waals surface area contributed by atoms with Crippen LogP contribution in [0.5, 0.6) is 0 Å². The Hall–Kier alpha value is -0.630. The summed E-state index contributed by atoms with van der Waals surface area (Å²) in [6.45, 7) is 4.02. The van der Waals surface area contributed by atoms with E-state index in [9.17, 15) is 4.79 Å². The van der Waals surface area contributed by atoms with Crippen LogP contribution >= 0.6 is 11.3 Å². The van der Waals surface area contributed by atoms with Gasteiger partial charge in [0.1, 0.15) is 5.78 Å². The van der Waals surface area contributed by atoms with Crippen LogP contribution in [0.15, 0.2) is 10.8 Å². The molecule has 0 bridgehead atoms. The average molecular weight is 182 g/mol. The second kappa shape index (κ2) is 4.41. The fraction of sp³-hybridized carbons (Fsp3) is 0.500. The van der Waals surface area contributed by atoms with Gasteiger partial charge in [-0.05, 0) is 35.2 Å². The zero-order valence-electron chi connectivity index (χ0n) is 7.59. The lowest BCUT2D eigenvalue weighted by atomic mass is 10.1. The van der Waals surface area contributed by atoms with Crippen molar-refractivity contribution in [2.45, 2.75) is 33.1 Å². The summed E-state index contributed by atoms with van der Waals surface area (Å²) in [5.74, 6) is 0.362. The van der Waals surface area contributed by atoms with E-state index in [1.807, 2.05) is 6.92 Å². The van der Waals surface area contributed by atoms with Gasteiger partial charge in [0.25, 0.3) is 0 Å². The molecule has 0 N–H and O–H groups in total. The van der Waals surface area contributed by atoms with E-state index in [0.29, 0.717) is 18.6 Å². The summed E-state index contributed by atoms with van der Waals surface area (Å²) in [6, 6.07) is 0. The average Bonchev–Trinajstić information content (AvgIpc) is 2.47. The molecule has 12 heavy (non-hydrogen) atoms. The predicted octanol–water partition coefficient (Wildman–Crippen LogP) is 2.97. The minimum Gasteiger partial charge on any atom is -0.300 e. The molecule has 0 aliphatic heterocycles. The van der Waals surface area contributed by atoms with Gasteiger partial charge >= 0.3 is 0 Å². The molecule has 0 radical (unpaired) electrons. The summed E-state index contributed by atoms with van der Waals surface area (Å²) in [5, 5.41) is 4.27. The number of carbonyl (C=O) groups excluding carboxylic acids is 1. The van der Waals surface area contributed by atoms with E-state index in [4.69, 9.17) is 0 Å². The number of thiophene rings is 1. The van der Waals surface area contributed by atoms with Crippen molar-refractivity contribution in [1.29, 1.82) is 0 Å². The third kappa shape index (κ3) is 2.45. The molecule has 0 saturated heterocycles. The maximum atomic E-state index is 11.0. The van der Waals surface area contributed by atoms with Gasteiger partial charge in [0.15, 0.2) is 0 Å². The number of hydrogen-bond acceptors (Lipinski definition) is 2. The number of carbonyl (C=O) groups is 1. The van der Waals surface area contributed by atoms with Gasteiger partial charge in [0.2, 0.25) is 0 Å². The topological polar surface area (TPSA) is 17.1 Å². The molecule has 1 rings (SSSR count). The number of rotatable bonds is 4. The highest BCUT2D eigenvalue weighted by Gasteiger charge is 2.02. The van der Waals surface area contributed by atoms with Crippen LogP contribution in [-0.2, 0) is 11.2 Å². The number of hydrogen-bond donors (Lipinski definition) is 0. The van der Waals surface area contributed by atoms with Crippen molar-refractivity contribution >= 4 is 17.1 Å². The minimum absolute atomic E-state index is 0.362. The normalized spacial score (nSPS) is 10.2. The molecule has 2 heteroatoms. The Kier molecular flexibility index (Phi) is 3.48. The highest BCUT2D eigenvalue weighted by atomic mass is 32.1. The smallest absolute Gasteiger partial charge is 0.132 e. The van der Waals surface area contributed by atoms with E-state index in [0.717, 1.165) is 6.42 Å². The lowest BCUT2D eigenvalue weighted by molar-refractivity contribution is -0.118. The highest BCUT2D eigenvalue weighted by Crippen LogP contribution is 2.15. The van der Waals surface area contributed by atoms with Crippen LogP contribution in [0.25, 0.3) is 0 Å². The van der Waals surface area contributed by atoms with Crippen molar-refractivity contribution in [2.24, 2.45) is 0 Å². The molecule has 1 aromatic rings. The largest absolute Gasteiger partial charge is 0.300 e. The SMILES string of the molecule is CCC(=O)CCc1cscc1C. The molecule has 0 atom stereocenters. The Labute approximate surface area is 77.4 Å². The van der Waals surface area contributed by atoms with Gasteiger partial charge in [-0.1, -0.05) is 6.92 Å². The Morgan fingerprint density at radius 1 is 1.50 bits per heavy atom. The van der Waals surface area contributed by atoms with Crippen molar-refractivity contribution < 1.29 is 4.79 Å². The molecular weight excluding hydrogens is 168 g/mol. The Balaban J connectivity index is 2.43. The summed E-state index contributed by atoms with van der Waals surface area (Å²) >= 11 is 1.71. The molecule has 1 heterocycles. The monoisotopic (exact) mass is 182 g/mol. The second-order valence-corrected chi connectivity index (χ2v) is 3.72. The van der Waals surface area contributed by atoms with Crippen molar-refractivity contribution in [3.05, 3.63) is 21.9 Å². The van der Waals surface area contributed by atoms with Gasteiger partial charge in [-0.25, -0.2) is 0 Å². The van der Waals surface area contributed by atoms with Gasteiger partial charge < -0.3 is 0 Å². The van der Waals surface area contributed by atoms with Crippen LogP contribution in [0.4, 0.5) is 0 Å². The predicted molar refractivity (Wildman–Crippen MR) is 52.7 cm³/mol. The van der Waals surface area contributed by atoms with Crippen LogP contribution in [0.3, 0.4) is 0 Å². The molecule has 0 unspecified atom stereocenters. The summed E-state index contributed by atoms with van der Waals surface area (Å²) in [6.07, 6.45) is 2.29. The van der Waals surface area contributed by atoms with Crippen LogP contribution in [0.2, 0.25) is 0 Å². The summed E-state index contributed by atoms with van der Waals surface area (Å²) in [5.41, 5.74) is 2.66. The number of Topliss-reactive ketones (excluding diaryl/α,β-unsaturated/α-hetero) is 1. The van der Waals surface area contributed by atoms with E-state index >= 15 is 0 Å². The molecular formula is C10H14OS. The van der Waals surface area contributed by atoms with Gasteiger partial charge in [-0.15, -0.1) is 0 Å². The van der Waals surface area contributed by atoms with Gasteiger partial charge in [0.05, 0.1) is 0 Å². The second-order valence-electron chi connectivity index (χ2n) is 2.97. The van der Waals surface area contributed by atoms with E-state index < -0.39 is 0 Å². The molecule has 0 aliphatic carbocycles. The number of aryl methyl sites for hydroxylation is 2. The molecule has 66 valence electrons. The quantitative estimate of drug-likeness (QED) is 0.699. The molecule has 0 amide bonds. The summed E-state index contributed by atoms with van der Waals surface area (Å²) in [7, 11) is 0. The fourth-order valence-corrected chi connectivity index (χ4v) is 1.99. The van der Waals surface area contributed by atoms with Gasteiger partial charge in [0, 0.05) is 12.8 Å². The first-order valence-electron chi connectivity index (χ1n) is 4.27. The van der Waals surface area contributed by atoms with Crippen LogP contribution in [-0.4, -0.2) is 5.78 Å². The zero-order valence-corrected chi connectivity index (χ0v) is 8.41.